The van der Waals surface area contributed by atoms with Gasteiger partial charge in [-0.15, -0.1) is 0 Å². The highest BCUT2D eigenvalue weighted by Crippen LogP contribution is 2.21. The van der Waals surface area contributed by atoms with Crippen LogP contribution in [0.5, 0.6) is 0 Å². The van der Waals surface area contributed by atoms with Gasteiger partial charge in [-0.3, -0.25) is 9.52 Å². The average Bonchev–Trinajstić information content (AvgIpc) is 2.64. The summed E-state index contributed by atoms with van der Waals surface area (Å²) in [4.78, 5) is 12.6. The van der Waals surface area contributed by atoms with Crippen LogP contribution in [0.3, 0.4) is 0 Å². The van der Waals surface area contributed by atoms with E-state index in [9.17, 15) is 13.2 Å². The fraction of sp³-hybridized carbons (Fsp3) is 0.350. The van der Waals surface area contributed by atoms with Gasteiger partial charge in [0.25, 0.3) is 15.9 Å². The van der Waals surface area contributed by atoms with E-state index in [1.807, 2.05) is 19.1 Å². The van der Waals surface area contributed by atoms with E-state index in [0.29, 0.717) is 11.3 Å². The molecule has 1 aliphatic carbocycles. The molecule has 5 nitrogen and oxygen atoms in total. The van der Waals surface area contributed by atoms with Crippen molar-refractivity contribution in [3.63, 3.8) is 0 Å². The Labute approximate surface area is 154 Å². The molecule has 2 aromatic rings. The van der Waals surface area contributed by atoms with Gasteiger partial charge in [-0.25, -0.2) is 8.42 Å². The van der Waals surface area contributed by atoms with Crippen LogP contribution in [0.1, 0.15) is 48.0 Å². The van der Waals surface area contributed by atoms with Crippen LogP contribution in [0.4, 0.5) is 5.69 Å². The molecule has 1 amide bonds. The first-order valence-corrected chi connectivity index (χ1v) is 10.4. The number of para-hydroxylation sites is 1. The molecule has 1 aliphatic rings. The molecular formula is C20H24N2O3S. The molecule has 0 heterocycles. The molecule has 0 unspecified atom stereocenters. The Morgan fingerprint density at radius 3 is 2.46 bits per heavy atom. The molecule has 1 fully saturated rings. The summed E-state index contributed by atoms with van der Waals surface area (Å²) in [6.45, 7) is 1.84. The summed E-state index contributed by atoms with van der Waals surface area (Å²) in [7, 11) is -3.75. The maximum absolute atomic E-state index is 12.7. The van der Waals surface area contributed by atoms with Crippen molar-refractivity contribution in [3.8, 4) is 0 Å². The maximum atomic E-state index is 12.7. The topological polar surface area (TPSA) is 75.3 Å². The van der Waals surface area contributed by atoms with E-state index in [1.165, 1.54) is 18.6 Å². The zero-order valence-corrected chi connectivity index (χ0v) is 15.7. The number of aryl methyl sites for hydroxylation is 1. The number of amides is 1. The minimum absolute atomic E-state index is 0.0806. The number of anilines is 1. The van der Waals surface area contributed by atoms with Crippen molar-refractivity contribution in [2.24, 2.45) is 0 Å². The van der Waals surface area contributed by atoms with E-state index in [0.717, 1.165) is 31.2 Å². The SMILES string of the molecule is Cc1ccccc1NS(=O)(=O)c1cccc(C(=O)NC2CCCCC2)c1. The van der Waals surface area contributed by atoms with E-state index in [-0.39, 0.29) is 16.8 Å². The van der Waals surface area contributed by atoms with Gasteiger partial charge in [-0.1, -0.05) is 43.5 Å². The Hall–Kier alpha value is -2.34. The molecule has 0 bridgehead atoms. The molecule has 0 radical (unpaired) electrons. The minimum atomic E-state index is -3.75. The highest BCUT2D eigenvalue weighted by Gasteiger charge is 2.20. The van der Waals surface area contributed by atoms with Crippen molar-refractivity contribution in [2.75, 3.05) is 4.72 Å². The lowest BCUT2D eigenvalue weighted by atomic mass is 9.95. The molecular weight excluding hydrogens is 348 g/mol. The maximum Gasteiger partial charge on any atom is 0.261 e. The van der Waals surface area contributed by atoms with Crippen LogP contribution in [-0.2, 0) is 10.0 Å². The molecule has 0 aliphatic heterocycles. The largest absolute Gasteiger partial charge is 0.349 e. The van der Waals surface area contributed by atoms with Crippen LogP contribution >= 0.6 is 0 Å². The zero-order chi connectivity index (χ0) is 18.6. The zero-order valence-electron chi connectivity index (χ0n) is 14.9. The van der Waals surface area contributed by atoms with E-state index in [1.54, 1.807) is 24.3 Å². The quantitative estimate of drug-likeness (QED) is 0.837. The molecule has 26 heavy (non-hydrogen) atoms. The predicted octanol–water partition coefficient (Wildman–Crippen LogP) is 3.86. The molecule has 0 aromatic heterocycles. The number of sulfonamides is 1. The monoisotopic (exact) mass is 372 g/mol. The first-order chi connectivity index (χ1) is 12.5. The Morgan fingerprint density at radius 2 is 1.73 bits per heavy atom. The molecule has 2 N–H and O–H groups in total. The third-order valence-electron chi connectivity index (χ3n) is 4.74. The predicted molar refractivity (Wildman–Crippen MR) is 103 cm³/mol. The second-order valence-electron chi connectivity index (χ2n) is 6.76. The first kappa shape index (κ1) is 18.5. The summed E-state index contributed by atoms with van der Waals surface area (Å²) in [5.41, 5.74) is 1.73. The summed E-state index contributed by atoms with van der Waals surface area (Å²) in [6.07, 6.45) is 5.43. The van der Waals surface area contributed by atoms with Crippen molar-refractivity contribution in [1.29, 1.82) is 0 Å². The molecule has 0 saturated heterocycles. The van der Waals surface area contributed by atoms with Crippen LogP contribution in [0, 0.1) is 6.92 Å². The number of rotatable bonds is 5. The minimum Gasteiger partial charge on any atom is -0.349 e. The third kappa shape index (κ3) is 4.43. The van der Waals surface area contributed by atoms with Crippen molar-refractivity contribution >= 4 is 21.6 Å². The lowest BCUT2D eigenvalue weighted by Crippen LogP contribution is -2.36. The number of hydrogen-bond donors (Lipinski definition) is 2. The van der Waals surface area contributed by atoms with Crippen LogP contribution in [0.25, 0.3) is 0 Å². The Bertz CT molecular complexity index is 887. The second-order valence-corrected chi connectivity index (χ2v) is 8.44. The van der Waals surface area contributed by atoms with Gasteiger partial charge >= 0.3 is 0 Å². The smallest absolute Gasteiger partial charge is 0.261 e. The molecule has 2 aromatic carbocycles. The van der Waals surface area contributed by atoms with Crippen molar-refractivity contribution < 1.29 is 13.2 Å². The van der Waals surface area contributed by atoms with Gasteiger partial charge < -0.3 is 5.32 Å². The number of carbonyl (C=O) groups excluding carboxylic acids is 1. The van der Waals surface area contributed by atoms with Crippen LogP contribution in [0.15, 0.2) is 53.4 Å². The van der Waals surface area contributed by atoms with Crippen molar-refractivity contribution in [1.82, 2.24) is 5.32 Å². The van der Waals surface area contributed by atoms with E-state index < -0.39 is 10.0 Å². The standard InChI is InChI=1S/C20H24N2O3S/c1-15-8-5-6-13-19(15)22-26(24,25)18-12-7-9-16(14-18)20(23)21-17-10-3-2-4-11-17/h5-9,12-14,17,22H,2-4,10-11H2,1H3,(H,21,23). The lowest BCUT2D eigenvalue weighted by Gasteiger charge is -2.22. The van der Waals surface area contributed by atoms with Crippen molar-refractivity contribution in [3.05, 3.63) is 59.7 Å². The first-order valence-electron chi connectivity index (χ1n) is 8.95. The van der Waals surface area contributed by atoms with Crippen LogP contribution in [-0.4, -0.2) is 20.4 Å². The average molecular weight is 372 g/mol. The van der Waals surface area contributed by atoms with Gasteiger partial charge in [0.15, 0.2) is 0 Å². The van der Waals surface area contributed by atoms with Gasteiger partial charge in [0.1, 0.15) is 0 Å². The Balaban J connectivity index is 1.77. The highest BCUT2D eigenvalue weighted by molar-refractivity contribution is 7.92. The number of carbonyl (C=O) groups is 1. The summed E-state index contributed by atoms with van der Waals surface area (Å²) >= 11 is 0. The summed E-state index contributed by atoms with van der Waals surface area (Å²) in [5.74, 6) is -0.218. The molecule has 6 heteroatoms. The van der Waals surface area contributed by atoms with Gasteiger partial charge in [-0.05, 0) is 49.6 Å². The molecule has 3 rings (SSSR count). The van der Waals surface area contributed by atoms with Crippen LogP contribution < -0.4 is 10.0 Å². The van der Waals surface area contributed by atoms with Gasteiger partial charge in [0, 0.05) is 11.6 Å². The fourth-order valence-corrected chi connectivity index (χ4v) is 4.39. The van der Waals surface area contributed by atoms with Gasteiger partial charge in [0.2, 0.25) is 0 Å². The molecule has 0 spiro atoms. The Morgan fingerprint density at radius 1 is 1.00 bits per heavy atom. The highest BCUT2D eigenvalue weighted by atomic mass is 32.2. The summed E-state index contributed by atoms with van der Waals surface area (Å²) in [5, 5.41) is 3.02. The third-order valence-corrected chi connectivity index (χ3v) is 6.10. The number of nitrogens with one attached hydrogen (secondary N) is 2. The summed E-state index contributed by atoms with van der Waals surface area (Å²) in [6, 6.07) is 13.5. The Kier molecular flexibility index (Phi) is 5.61. The number of hydrogen-bond acceptors (Lipinski definition) is 3. The molecule has 0 atom stereocenters. The summed E-state index contributed by atoms with van der Waals surface area (Å²) < 4.78 is 27.9. The van der Waals surface area contributed by atoms with Crippen molar-refractivity contribution in [2.45, 2.75) is 50.0 Å². The fourth-order valence-electron chi connectivity index (χ4n) is 3.21. The lowest BCUT2D eigenvalue weighted by molar-refractivity contribution is 0.0927. The van der Waals surface area contributed by atoms with E-state index in [2.05, 4.69) is 10.0 Å². The van der Waals surface area contributed by atoms with E-state index in [4.69, 9.17) is 0 Å². The molecule has 138 valence electrons. The normalized spacial score (nSPS) is 15.4. The van der Waals surface area contributed by atoms with Gasteiger partial charge in [-0.2, -0.15) is 0 Å². The van der Waals surface area contributed by atoms with Crippen LogP contribution in [0.2, 0.25) is 0 Å². The van der Waals surface area contributed by atoms with E-state index >= 15 is 0 Å². The van der Waals surface area contributed by atoms with Gasteiger partial charge in [0.05, 0.1) is 10.6 Å². The second kappa shape index (κ2) is 7.91. The molecule has 1 saturated carbocycles. The number of benzene rings is 2.